The summed E-state index contributed by atoms with van der Waals surface area (Å²) in [5.74, 6) is 0.617. The van der Waals surface area contributed by atoms with Crippen molar-refractivity contribution in [2.24, 2.45) is 0 Å². The van der Waals surface area contributed by atoms with Gasteiger partial charge in [0.15, 0.2) is 0 Å². The van der Waals surface area contributed by atoms with E-state index >= 15 is 0 Å². The molecule has 4 aromatic rings. The number of aromatic nitrogens is 2. The molecule has 0 aliphatic carbocycles. The number of aromatic amines is 1. The number of alkyl halides is 6. The summed E-state index contributed by atoms with van der Waals surface area (Å²) >= 11 is 0. The number of hydrogen-bond acceptors (Lipinski definition) is 4. The van der Waals surface area contributed by atoms with Gasteiger partial charge in [-0.15, -0.1) is 0 Å². The molecule has 2 aromatic carbocycles. The molecule has 3 N–H and O–H groups in total. The third-order valence-electron chi connectivity index (χ3n) is 4.79. The average Bonchev–Trinajstić information content (AvgIpc) is 3.19. The van der Waals surface area contributed by atoms with Crippen molar-refractivity contribution in [3.8, 4) is 5.75 Å². The molecule has 11 heteroatoms. The summed E-state index contributed by atoms with van der Waals surface area (Å²) in [4.78, 5) is 6.69. The van der Waals surface area contributed by atoms with Gasteiger partial charge in [-0.3, -0.25) is 0 Å². The number of ether oxygens (including phenoxy) is 1. The van der Waals surface area contributed by atoms with E-state index in [1.807, 2.05) is 0 Å². The topological polar surface area (TPSA) is 62.0 Å². The highest BCUT2D eigenvalue weighted by Gasteiger charge is 2.35. The van der Waals surface area contributed by atoms with Gasteiger partial charge in [0.25, 0.3) is 0 Å². The zero-order valence-electron chi connectivity index (χ0n) is 16.9. The maximum absolute atomic E-state index is 13.6. The predicted octanol–water partition coefficient (Wildman–Crippen LogP) is 7.10. The molecule has 5 nitrogen and oxygen atoms in total. The molecule has 0 unspecified atom stereocenters. The zero-order valence-corrected chi connectivity index (χ0v) is 16.9. The summed E-state index contributed by atoms with van der Waals surface area (Å²) in [5, 5.41) is 5.35. The van der Waals surface area contributed by atoms with E-state index in [0.29, 0.717) is 11.4 Å². The molecular weight excluding hydrogens is 450 g/mol. The fourth-order valence-corrected chi connectivity index (χ4v) is 3.34. The third-order valence-corrected chi connectivity index (χ3v) is 4.79. The van der Waals surface area contributed by atoms with Gasteiger partial charge in [-0.05, 0) is 30.3 Å². The van der Waals surface area contributed by atoms with Crippen LogP contribution in [0.25, 0.3) is 11.0 Å². The maximum Gasteiger partial charge on any atom is 0.418 e. The van der Waals surface area contributed by atoms with Crippen LogP contribution in [0.1, 0.15) is 11.1 Å². The molecule has 0 fully saturated rings. The van der Waals surface area contributed by atoms with Gasteiger partial charge in [-0.25, -0.2) is 4.98 Å². The quantitative estimate of drug-likeness (QED) is 0.275. The van der Waals surface area contributed by atoms with E-state index in [1.165, 1.54) is 25.3 Å². The normalized spacial score (nSPS) is 12.1. The molecule has 0 saturated heterocycles. The molecule has 0 amide bonds. The van der Waals surface area contributed by atoms with E-state index in [-0.39, 0.29) is 28.2 Å². The van der Waals surface area contributed by atoms with E-state index in [9.17, 15) is 26.3 Å². The van der Waals surface area contributed by atoms with Crippen molar-refractivity contribution in [3.05, 3.63) is 71.9 Å². The Morgan fingerprint density at radius 2 is 1.61 bits per heavy atom. The highest BCUT2D eigenvalue weighted by atomic mass is 19.4. The number of fused-ring (bicyclic) bond motifs is 1. The van der Waals surface area contributed by atoms with Crippen molar-refractivity contribution in [1.82, 2.24) is 9.97 Å². The van der Waals surface area contributed by atoms with Crippen LogP contribution in [0, 0.1) is 0 Å². The number of benzene rings is 2. The lowest BCUT2D eigenvalue weighted by Crippen LogP contribution is -2.07. The third kappa shape index (κ3) is 4.66. The van der Waals surface area contributed by atoms with E-state index in [1.54, 1.807) is 24.3 Å². The largest absolute Gasteiger partial charge is 0.495 e. The fraction of sp³-hybridized carbons (Fsp3) is 0.136. The number of methoxy groups -OCH3 is 1. The minimum Gasteiger partial charge on any atom is -0.495 e. The maximum atomic E-state index is 13.6. The van der Waals surface area contributed by atoms with E-state index in [0.717, 1.165) is 18.3 Å². The monoisotopic (exact) mass is 466 g/mol. The molecule has 0 saturated carbocycles. The molecular formula is C22H16F6N4O. The molecule has 4 rings (SSSR count). The molecule has 0 aliphatic rings. The Morgan fingerprint density at radius 3 is 2.30 bits per heavy atom. The molecule has 0 bridgehead atoms. The lowest BCUT2D eigenvalue weighted by atomic mass is 10.1. The number of para-hydroxylation sites is 2. The Bertz CT molecular complexity index is 1300. The van der Waals surface area contributed by atoms with Gasteiger partial charge in [0.05, 0.1) is 35.0 Å². The fourth-order valence-electron chi connectivity index (χ4n) is 3.34. The summed E-state index contributed by atoms with van der Waals surface area (Å²) < 4.78 is 85.3. The first-order valence-corrected chi connectivity index (χ1v) is 9.50. The molecule has 0 radical (unpaired) electrons. The number of hydrogen-bond donors (Lipinski definition) is 3. The summed E-state index contributed by atoms with van der Waals surface area (Å²) in [5.41, 5.74) is -1.64. The molecule has 0 atom stereocenters. The van der Waals surface area contributed by atoms with Gasteiger partial charge >= 0.3 is 12.4 Å². The molecule has 2 aromatic heterocycles. The van der Waals surface area contributed by atoms with Crippen LogP contribution in [0.3, 0.4) is 0 Å². The number of rotatable bonds is 5. The van der Waals surface area contributed by atoms with Gasteiger partial charge in [0.2, 0.25) is 0 Å². The average molecular weight is 466 g/mol. The number of H-pyrrole nitrogens is 1. The molecule has 172 valence electrons. The summed E-state index contributed by atoms with van der Waals surface area (Å²) in [6.07, 6.45) is -8.54. The lowest BCUT2D eigenvalue weighted by molar-refractivity contribution is -0.137. The van der Waals surface area contributed by atoms with Gasteiger partial charge in [0.1, 0.15) is 17.2 Å². The molecule has 0 spiro atoms. The smallest absolute Gasteiger partial charge is 0.418 e. The standard InChI is InChI=1S/C22H16F6N4O/c1-33-17-8-3-2-7-15(17)31-18-10-16(19-14(22(26,27)28)11-29-20(19)32-18)30-13-6-4-5-12(9-13)21(23,24)25/h2-11H,1H3,(H3,29,30,31,32). The number of anilines is 4. The minimum absolute atomic E-state index is 0.0325. The van der Waals surface area contributed by atoms with Crippen LogP contribution in [-0.4, -0.2) is 17.1 Å². The molecule has 33 heavy (non-hydrogen) atoms. The van der Waals surface area contributed by atoms with E-state index < -0.39 is 23.5 Å². The Labute approximate surface area is 183 Å². The summed E-state index contributed by atoms with van der Waals surface area (Å²) in [7, 11) is 1.46. The van der Waals surface area contributed by atoms with Crippen molar-refractivity contribution in [1.29, 1.82) is 0 Å². The second-order valence-corrected chi connectivity index (χ2v) is 7.01. The predicted molar refractivity (Wildman–Crippen MR) is 112 cm³/mol. The Morgan fingerprint density at radius 1 is 0.848 bits per heavy atom. The lowest BCUT2D eigenvalue weighted by Gasteiger charge is -2.15. The van der Waals surface area contributed by atoms with Crippen LogP contribution >= 0.6 is 0 Å². The van der Waals surface area contributed by atoms with Crippen LogP contribution in [0.15, 0.2) is 60.8 Å². The van der Waals surface area contributed by atoms with E-state index in [4.69, 9.17) is 4.74 Å². The van der Waals surface area contributed by atoms with Crippen LogP contribution in [0.2, 0.25) is 0 Å². The van der Waals surface area contributed by atoms with Gasteiger partial charge in [-0.1, -0.05) is 18.2 Å². The highest BCUT2D eigenvalue weighted by molar-refractivity contribution is 5.96. The van der Waals surface area contributed by atoms with Gasteiger partial charge in [-0.2, -0.15) is 26.3 Å². The van der Waals surface area contributed by atoms with Crippen molar-refractivity contribution in [3.63, 3.8) is 0 Å². The second kappa shape index (κ2) is 8.23. The van der Waals surface area contributed by atoms with Crippen molar-refractivity contribution >= 4 is 33.9 Å². The number of halogens is 6. The van der Waals surface area contributed by atoms with Gasteiger partial charge < -0.3 is 20.4 Å². The first kappa shape index (κ1) is 22.3. The Balaban J connectivity index is 1.83. The summed E-state index contributed by atoms with van der Waals surface area (Å²) in [6, 6.07) is 12.3. The zero-order chi connectivity index (χ0) is 23.8. The van der Waals surface area contributed by atoms with E-state index in [2.05, 4.69) is 20.6 Å². The van der Waals surface area contributed by atoms with Crippen LogP contribution in [-0.2, 0) is 12.4 Å². The first-order valence-electron chi connectivity index (χ1n) is 9.50. The van der Waals surface area contributed by atoms with Gasteiger partial charge in [0, 0.05) is 18.0 Å². The Hall–Kier alpha value is -3.89. The first-order chi connectivity index (χ1) is 15.6. The number of nitrogens with one attached hydrogen (secondary N) is 3. The van der Waals surface area contributed by atoms with Crippen LogP contribution in [0.4, 0.5) is 49.2 Å². The van der Waals surface area contributed by atoms with Crippen LogP contribution in [0.5, 0.6) is 5.75 Å². The highest BCUT2D eigenvalue weighted by Crippen LogP contribution is 2.40. The number of pyridine rings is 1. The minimum atomic E-state index is -4.71. The SMILES string of the molecule is COc1ccccc1Nc1cc(Nc2cccc(C(F)(F)F)c2)c2c(C(F)(F)F)c[nH]c2n1. The summed E-state index contributed by atoms with van der Waals surface area (Å²) in [6.45, 7) is 0. The van der Waals surface area contributed by atoms with Crippen LogP contribution < -0.4 is 15.4 Å². The van der Waals surface area contributed by atoms with Crippen molar-refractivity contribution < 1.29 is 31.1 Å². The van der Waals surface area contributed by atoms with Crippen molar-refractivity contribution in [2.45, 2.75) is 12.4 Å². The number of nitrogens with zero attached hydrogens (tertiary/aromatic N) is 1. The second-order valence-electron chi connectivity index (χ2n) is 7.01. The van der Waals surface area contributed by atoms with Crippen molar-refractivity contribution in [2.75, 3.05) is 17.7 Å². The Kier molecular flexibility index (Phi) is 5.56. The molecule has 0 aliphatic heterocycles. The molecule has 2 heterocycles.